The number of hydrogen-bond donors (Lipinski definition) is 0. The summed E-state index contributed by atoms with van der Waals surface area (Å²) in [5.41, 5.74) is 0.679. The lowest BCUT2D eigenvalue weighted by Gasteiger charge is -2.31. The Morgan fingerprint density at radius 3 is 2.91 bits per heavy atom. The first-order valence-electron chi connectivity index (χ1n) is 4.84. The number of fused-ring (bicyclic) bond motifs is 1. The highest BCUT2D eigenvalue weighted by atomic mass is 32.2. The summed E-state index contributed by atoms with van der Waals surface area (Å²) >= 11 is 0. The van der Waals surface area contributed by atoms with Crippen molar-refractivity contribution in [2.24, 2.45) is 5.41 Å². The molecule has 2 aliphatic heterocycles. The average Bonchev–Trinajstić information content (AvgIpc) is 2.31. The fourth-order valence-corrected chi connectivity index (χ4v) is 5.85. The second kappa shape index (κ2) is 2.69. The summed E-state index contributed by atoms with van der Waals surface area (Å²) in [6.45, 7) is 4.90. The van der Waals surface area contributed by atoms with Gasteiger partial charge in [0.2, 0.25) is 0 Å². The van der Waals surface area contributed by atoms with Crippen LogP contribution in [0.2, 0.25) is 0 Å². The van der Waals surface area contributed by atoms with Gasteiger partial charge in [-0.15, -0.1) is 0 Å². The van der Waals surface area contributed by atoms with Crippen molar-refractivity contribution in [3.05, 3.63) is 0 Å². The molecule has 0 aromatic rings. The van der Waals surface area contributed by atoms with Crippen molar-refractivity contribution in [3.8, 4) is 0 Å². The van der Waals surface area contributed by atoms with Gasteiger partial charge in [-0.3, -0.25) is 0 Å². The summed E-state index contributed by atoms with van der Waals surface area (Å²) in [5, 5.41) is 1.14. The minimum absolute atomic E-state index is 0.679. The van der Waals surface area contributed by atoms with Gasteiger partial charge in [0.1, 0.15) is 16.8 Å². The largest absolute Gasteiger partial charge is 0.118 e. The van der Waals surface area contributed by atoms with Crippen LogP contribution in [0, 0.1) is 5.41 Å². The van der Waals surface area contributed by atoms with E-state index in [0.717, 1.165) is 16.1 Å². The molecule has 0 saturated carbocycles. The lowest BCUT2D eigenvalue weighted by atomic mass is 9.84. The summed E-state index contributed by atoms with van der Waals surface area (Å²) in [6.07, 6.45) is 6.10. The average molecular weight is 171 g/mol. The molecule has 2 saturated heterocycles. The zero-order valence-corrected chi connectivity index (χ0v) is 8.54. The van der Waals surface area contributed by atoms with Gasteiger partial charge in [0.05, 0.1) is 0 Å². The van der Waals surface area contributed by atoms with Crippen LogP contribution in [0.1, 0.15) is 39.5 Å². The first kappa shape index (κ1) is 7.97. The molecule has 0 spiro atoms. The Bertz CT molecular complexity index is 151. The Kier molecular flexibility index (Phi) is 1.95. The quantitative estimate of drug-likeness (QED) is 0.491. The topological polar surface area (TPSA) is 0 Å². The van der Waals surface area contributed by atoms with E-state index in [1.807, 2.05) is 0 Å². The predicted octanol–water partition coefficient (Wildman–Crippen LogP) is 2.59. The fraction of sp³-hybridized carbons (Fsp3) is 1.00. The van der Waals surface area contributed by atoms with Crippen LogP contribution >= 0.6 is 0 Å². The smallest absolute Gasteiger partial charge is 0.0595 e. The molecule has 1 unspecified atom stereocenters. The van der Waals surface area contributed by atoms with Gasteiger partial charge in [0.15, 0.2) is 0 Å². The summed E-state index contributed by atoms with van der Waals surface area (Å²) < 4.78 is 0. The van der Waals surface area contributed by atoms with E-state index in [4.69, 9.17) is 0 Å². The van der Waals surface area contributed by atoms with E-state index in [-0.39, 0.29) is 0 Å². The third-order valence-electron chi connectivity index (χ3n) is 3.23. The Morgan fingerprint density at radius 1 is 1.27 bits per heavy atom. The van der Waals surface area contributed by atoms with E-state index < -0.39 is 0 Å². The summed E-state index contributed by atoms with van der Waals surface area (Å²) in [6, 6.07) is 0. The molecule has 11 heavy (non-hydrogen) atoms. The normalized spacial score (nSPS) is 42.0. The van der Waals surface area contributed by atoms with Crippen molar-refractivity contribution in [2.75, 3.05) is 11.5 Å². The Hall–Kier alpha value is 0.350. The SMILES string of the molecule is CC1(C)CC[S+]2CCC[C@H]2C1. The molecule has 1 heteroatoms. The van der Waals surface area contributed by atoms with Crippen molar-refractivity contribution < 1.29 is 0 Å². The molecule has 2 aliphatic rings. The van der Waals surface area contributed by atoms with Crippen molar-refractivity contribution >= 4 is 10.9 Å². The molecule has 0 aromatic carbocycles. The van der Waals surface area contributed by atoms with Gasteiger partial charge in [-0.1, -0.05) is 13.8 Å². The van der Waals surface area contributed by atoms with E-state index in [9.17, 15) is 0 Å². The maximum absolute atomic E-state index is 2.45. The highest BCUT2D eigenvalue weighted by Gasteiger charge is 2.44. The second-order valence-electron chi connectivity index (χ2n) is 4.83. The second-order valence-corrected chi connectivity index (χ2v) is 7.39. The van der Waals surface area contributed by atoms with E-state index >= 15 is 0 Å². The minimum Gasteiger partial charge on any atom is -0.0595 e. The summed E-state index contributed by atoms with van der Waals surface area (Å²) in [7, 11) is 0.868. The van der Waals surface area contributed by atoms with Crippen LogP contribution < -0.4 is 0 Å². The zero-order valence-electron chi connectivity index (χ0n) is 7.73. The molecule has 2 rings (SSSR count). The van der Waals surface area contributed by atoms with Crippen molar-refractivity contribution in [2.45, 2.75) is 44.8 Å². The maximum Gasteiger partial charge on any atom is 0.118 e. The third-order valence-corrected chi connectivity index (χ3v) is 6.11. The van der Waals surface area contributed by atoms with Crippen molar-refractivity contribution in [1.82, 2.24) is 0 Å². The summed E-state index contributed by atoms with van der Waals surface area (Å²) in [4.78, 5) is 0. The molecule has 0 radical (unpaired) electrons. The molecule has 0 N–H and O–H groups in total. The van der Waals surface area contributed by atoms with Crippen LogP contribution in [-0.4, -0.2) is 16.8 Å². The van der Waals surface area contributed by atoms with Crippen LogP contribution in [0.3, 0.4) is 0 Å². The molecule has 0 amide bonds. The highest BCUT2D eigenvalue weighted by molar-refractivity contribution is 7.97. The standard InChI is InChI=1S/C10H19S/c1-10(2)5-7-11-6-3-4-9(11)8-10/h9H,3-8H2,1-2H3/q+1/t9-,11?/m0/s1. The minimum atomic E-state index is 0.679. The van der Waals surface area contributed by atoms with E-state index in [1.165, 1.54) is 19.3 Å². The molecule has 0 nitrogen and oxygen atoms in total. The monoisotopic (exact) mass is 171 g/mol. The van der Waals surface area contributed by atoms with E-state index in [1.54, 1.807) is 17.9 Å². The molecule has 2 atom stereocenters. The number of rotatable bonds is 0. The first-order chi connectivity index (χ1) is 5.17. The molecular formula is C10H19S+. The summed E-state index contributed by atoms with van der Waals surface area (Å²) in [5.74, 6) is 3.12. The molecule has 0 aromatic heterocycles. The number of hydrogen-bond acceptors (Lipinski definition) is 0. The first-order valence-corrected chi connectivity index (χ1v) is 6.46. The van der Waals surface area contributed by atoms with Crippen LogP contribution in [0.15, 0.2) is 0 Å². The molecular weight excluding hydrogens is 152 g/mol. The van der Waals surface area contributed by atoms with Gasteiger partial charge < -0.3 is 0 Å². The molecule has 0 aliphatic carbocycles. The van der Waals surface area contributed by atoms with Gasteiger partial charge in [-0.05, 0) is 35.6 Å². The zero-order chi connectivity index (χ0) is 7.90. The molecule has 2 heterocycles. The van der Waals surface area contributed by atoms with E-state index in [2.05, 4.69) is 13.8 Å². The maximum atomic E-state index is 2.45. The lowest BCUT2D eigenvalue weighted by molar-refractivity contribution is 0.308. The Labute approximate surface area is 73.1 Å². The van der Waals surface area contributed by atoms with Crippen LogP contribution in [-0.2, 0) is 10.9 Å². The van der Waals surface area contributed by atoms with Crippen LogP contribution in [0.25, 0.3) is 0 Å². The fourth-order valence-electron chi connectivity index (χ4n) is 2.44. The van der Waals surface area contributed by atoms with Gasteiger partial charge in [0.25, 0.3) is 0 Å². The molecule has 64 valence electrons. The lowest BCUT2D eigenvalue weighted by Crippen LogP contribution is -2.34. The van der Waals surface area contributed by atoms with Gasteiger partial charge in [-0.2, -0.15) is 0 Å². The highest BCUT2D eigenvalue weighted by Crippen LogP contribution is 2.41. The van der Waals surface area contributed by atoms with Crippen LogP contribution in [0.4, 0.5) is 0 Å². The molecule has 0 bridgehead atoms. The van der Waals surface area contributed by atoms with Gasteiger partial charge in [-0.25, -0.2) is 0 Å². The predicted molar refractivity (Wildman–Crippen MR) is 53.1 cm³/mol. The van der Waals surface area contributed by atoms with Crippen LogP contribution in [0.5, 0.6) is 0 Å². The van der Waals surface area contributed by atoms with Crippen molar-refractivity contribution in [3.63, 3.8) is 0 Å². The van der Waals surface area contributed by atoms with Crippen molar-refractivity contribution in [1.29, 1.82) is 0 Å². The van der Waals surface area contributed by atoms with E-state index in [0.29, 0.717) is 5.41 Å². The Morgan fingerprint density at radius 2 is 2.09 bits per heavy atom. The third kappa shape index (κ3) is 1.58. The van der Waals surface area contributed by atoms with Gasteiger partial charge >= 0.3 is 0 Å². The van der Waals surface area contributed by atoms with Gasteiger partial charge in [0, 0.05) is 6.42 Å². The Balaban J connectivity index is 2.02. The molecule has 2 fully saturated rings.